The normalized spacial score (nSPS) is 21.6. The molecule has 94 valence electrons. The second-order valence-corrected chi connectivity index (χ2v) is 4.27. The fourth-order valence-electron chi connectivity index (χ4n) is 2.18. The van der Waals surface area contributed by atoms with Crippen LogP contribution in [0.15, 0.2) is 0 Å². The third-order valence-corrected chi connectivity index (χ3v) is 3.02. The van der Waals surface area contributed by atoms with Gasteiger partial charge in [-0.2, -0.15) is 15.0 Å². The number of hydrogen-bond acceptors (Lipinski definition) is 7. The van der Waals surface area contributed by atoms with Crippen LogP contribution >= 0.6 is 0 Å². The van der Waals surface area contributed by atoms with Gasteiger partial charge in [-0.25, -0.2) is 0 Å². The summed E-state index contributed by atoms with van der Waals surface area (Å²) in [6.45, 7) is 1.66. The van der Waals surface area contributed by atoms with Gasteiger partial charge < -0.3 is 16.6 Å². The molecule has 2 heterocycles. The first kappa shape index (κ1) is 12.0. The molecular weight excluding hydrogens is 220 g/mol. The van der Waals surface area contributed by atoms with Gasteiger partial charge >= 0.3 is 0 Å². The van der Waals surface area contributed by atoms with Crippen molar-refractivity contribution in [2.75, 3.05) is 24.6 Å². The van der Waals surface area contributed by atoms with Gasteiger partial charge in [-0.3, -0.25) is 4.90 Å². The standard InChI is InChI=1S/C10H18N6O/c11-9-13-8(14-10(12)15-9)5-16-4-2-1-3-7(16)6-17/h7,17H,1-6H2,(H4,11,12,13,14,15). The van der Waals surface area contributed by atoms with Crippen LogP contribution in [0.1, 0.15) is 25.1 Å². The van der Waals surface area contributed by atoms with Crippen LogP contribution in [0, 0.1) is 0 Å². The van der Waals surface area contributed by atoms with E-state index in [4.69, 9.17) is 11.5 Å². The Hall–Kier alpha value is -1.47. The van der Waals surface area contributed by atoms with Crippen LogP contribution in [0.5, 0.6) is 0 Å². The lowest BCUT2D eigenvalue weighted by Crippen LogP contribution is -2.41. The van der Waals surface area contributed by atoms with Crippen molar-refractivity contribution >= 4 is 11.9 Å². The van der Waals surface area contributed by atoms with Crippen LogP contribution in [0.3, 0.4) is 0 Å². The van der Waals surface area contributed by atoms with E-state index in [9.17, 15) is 5.11 Å². The topological polar surface area (TPSA) is 114 Å². The number of nitrogens with two attached hydrogens (primary N) is 2. The third kappa shape index (κ3) is 3.01. The molecule has 1 aliphatic rings. The maximum absolute atomic E-state index is 9.30. The zero-order valence-corrected chi connectivity index (χ0v) is 9.71. The van der Waals surface area contributed by atoms with Crippen LogP contribution in [0.4, 0.5) is 11.9 Å². The molecule has 0 aliphatic carbocycles. The quantitative estimate of drug-likeness (QED) is 0.643. The summed E-state index contributed by atoms with van der Waals surface area (Å²) < 4.78 is 0. The minimum absolute atomic E-state index is 0.144. The fourth-order valence-corrected chi connectivity index (χ4v) is 2.18. The SMILES string of the molecule is Nc1nc(N)nc(CN2CCCCC2CO)n1. The van der Waals surface area contributed by atoms with Crippen LogP contribution in [-0.4, -0.2) is 44.2 Å². The van der Waals surface area contributed by atoms with Crippen molar-refractivity contribution in [2.45, 2.75) is 31.8 Å². The summed E-state index contributed by atoms with van der Waals surface area (Å²) in [6.07, 6.45) is 3.29. The monoisotopic (exact) mass is 238 g/mol. The highest BCUT2D eigenvalue weighted by Crippen LogP contribution is 2.18. The summed E-state index contributed by atoms with van der Waals surface area (Å²) in [7, 11) is 0. The van der Waals surface area contributed by atoms with E-state index in [2.05, 4.69) is 19.9 Å². The van der Waals surface area contributed by atoms with Gasteiger partial charge in [0.2, 0.25) is 11.9 Å². The van der Waals surface area contributed by atoms with Crippen molar-refractivity contribution in [1.82, 2.24) is 19.9 Å². The highest BCUT2D eigenvalue weighted by Gasteiger charge is 2.22. The number of nitrogen functional groups attached to an aromatic ring is 2. The molecule has 2 rings (SSSR count). The maximum atomic E-state index is 9.30. The molecule has 1 aromatic heterocycles. The highest BCUT2D eigenvalue weighted by atomic mass is 16.3. The number of rotatable bonds is 3. The number of aliphatic hydroxyl groups excluding tert-OH is 1. The van der Waals surface area contributed by atoms with E-state index in [0.29, 0.717) is 12.4 Å². The van der Waals surface area contributed by atoms with E-state index in [-0.39, 0.29) is 24.5 Å². The Morgan fingerprint density at radius 3 is 2.53 bits per heavy atom. The number of aromatic nitrogens is 3. The van der Waals surface area contributed by atoms with Crippen LogP contribution < -0.4 is 11.5 Å². The van der Waals surface area contributed by atoms with Crippen molar-refractivity contribution in [1.29, 1.82) is 0 Å². The molecule has 0 amide bonds. The molecule has 0 aromatic carbocycles. The molecular formula is C10H18N6O. The first-order valence-corrected chi connectivity index (χ1v) is 5.80. The van der Waals surface area contributed by atoms with Crippen molar-refractivity contribution in [2.24, 2.45) is 0 Å². The molecule has 1 atom stereocenters. The van der Waals surface area contributed by atoms with Gasteiger partial charge in [-0.1, -0.05) is 6.42 Å². The molecule has 17 heavy (non-hydrogen) atoms. The number of nitrogens with zero attached hydrogens (tertiary/aromatic N) is 4. The van der Waals surface area contributed by atoms with E-state index in [0.717, 1.165) is 25.8 Å². The Morgan fingerprint density at radius 2 is 1.88 bits per heavy atom. The lowest BCUT2D eigenvalue weighted by atomic mass is 10.0. The Bertz CT molecular complexity index is 365. The lowest BCUT2D eigenvalue weighted by molar-refractivity contribution is 0.0819. The van der Waals surface area contributed by atoms with Gasteiger partial charge in [0, 0.05) is 6.04 Å². The van der Waals surface area contributed by atoms with Gasteiger partial charge in [0.25, 0.3) is 0 Å². The molecule has 0 spiro atoms. The largest absolute Gasteiger partial charge is 0.395 e. The smallest absolute Gasteiger partial charge is 0.225 e. The first-order valence-electron chi connectivity index (χ1n) is 5.80. The molecule has 1 unspecified atom stereocenters. The summed E-state index contributed by atoms with van der Waals surface area (Å²) in [4.78, 5) is 14.0. The van der Waals surface area contributed by atoms with Gasteiger partial charge in [0.05, 0.1) is 13.2 Å². The molecule has 5 N–H and O–H groups in total. The summed E-state index contributed by atoms with van der Waals surface area (Å²) >= 11 is 0. The van der Waals surface area contributed by atoms with Gasteiger partial charge in [0.1, 0.15) is 5.82 Å². The van der Waals surface area contributed by atoms with Crippen LogP contribution in [0.25, 0.3) is 0 Å². The number of hydrogen-bond donors (Lipinski definition) is 3. The number of piperidine rings is 1. The van der Waals surface area contributed by atoms with Gasteiger partial charge in [-0.05, 0) is 19.4 Å². The average Bonchev–Trinajstić information content (AvgIpc) is 2.28. The summed E-state index contributed by atoms with van der Waals surface area (Å²) in [5.41, 5.74) is 11.0. The Balaban J connectivity index is 2.08. The Labute approximate surface area is 99.9 Å². The zero-order valence-electron chi connectivity index (χ0n) is 9.71. The highest BCUT2D eigenvalue weighted by molar-refractivity contribution is 5.25. The minimum Gasteiger partial charge on any atom is -0.395 e. The summed E-state index contributed by atoms with van der Waals surface area (Å²) in [5, 5.41) is 9.30. The van der Waals surface area contributed by atoms with E-state index >= 15 is 0 Å². The van der Waals surface area contributed by atoms with Crippen molar-refractivity contribution in [3.05, 3.63) is 5.82 Å². The van der Waals surface area contributed by atoms with Gasteiger partial charge in [0.15, 0.2) is 0 Å². The van der Waals surface area contributed by atoms with Crippen LogP contribution in [-0.2, 0) is 6.54 Å². The molecule has 1 aliphatic heterocycles. The average molecular weight is 238 g/mol. The van der Waals surface area contributed by atoms with E-state index < -0.39 is 0 Å². The second-order valence-electron chi connectivity index (χ2n) is 4.27. The van der Waals surface area contributed by atoms with E-state index in [1.54, 1.807) is 0 Å². The van der Waals surface area contributed by atoms with Crippen molar-refractivity contribution < 1.29 is 5.11 Å². The van der Waals surface area contributed by atoms with E-state index in [1.807, 2.05) is 0 Å². The molecule has 7 nitrogen and oxygen atoms in total. The molecule has 0 saturated carbocycles. The minimum atomic E-state index is 0.144. The van der Waals surface area contributed by atoms with Crippen LogP contribution in [0.2, 0.25) is 0 Å². The zero-order chi connectivity index (χ0) is 12.3. The maximum Gasteiger partial charge on any atom is 0.225 e. The predicted octanol–water partition coefficient (Wildman–Crippen LogP) is -0.617. The number of anilines is 2. The second kappa shape index (κ2) is 5.24. The van der Waals surface area contributed by atoms with Gasteiger partial charge in [-0.15, -0.1) is 0 Å². The molecule has 1 saturated heterocycles. The van der Waals surface area contributed by atoms with Crippen molar-refractivity contribution in [3.8, 4) is 0 Å². The number of aliphatic hydroxyl groups is 1. The molecule has 1 fully saturated rings. The fraction of sp³-hybridized carbons (Fsp3) is 0.700. The Kier molecular flexibility index (Phi) is 3.70. The lowest BCUT2D eigenvalue weighted by Gasteiger charge is -2.33. The molecule has 1 aromatic rings. The Morgan fingerprint density at radius 1 is 1.18 bits per heavy atom. The third-order valence-electron chi connectivity index (χ3n) is 3.02. The predicted molar refractivity (Wildman–Crippen MR) is 63.8 cm³/mol. The first-order chi connectivity index (χ1) is 8.19. The molecule has 0 bridgehead atoms. The molecule has 0 radical (unpaired) electrons. The number of likely N-dealkylation sites (tertiary alicyclic amines) is 1. The molecule has 7 heteroatoms. The van der Waals surface area contributed by atoms with E-state index in [1.165, 1.54) is 0 Å². The van der Waals surface area contributed by atoms with Crippen molar-refractivity contribution in [3.63, 3.8) is 0 Å². The summed E-state index contributed by atoms with van der Waals surface area (Å²) in [6, 6.07) is 0.183. The summed E-state index contributed by atoms with van der Waals surface area (Å²) in [5.74, 6) is 0.852.